The molecule has 133 heavy (non-hydrogen) atoms. The van der Waals surface area contributed by atoms with Crippen LogP contribution in [0.5, 0.6) is 46.0 Å². The maximum Gasteiger partial charge on any atom is 1.00 e. The van der Waals surface area contributed by atoms with Crippen LogP contribution < -0.4 is 153 Å². The smallest absolute Gasteiger partial charge is 0.736 e. The van der Waals surface area contributed by atoms with E-state index in [0.29, 0.717) is 88.9 Å². The summed E-state index contributed by atoms with van der Waals surface area (Å²) in [5.41, 5.74) is 22.0. The van der Waals surface area contributed by atoms with Crippen molar-refractivity contribution in [2.24, 2.45) is 0 Å². The van der Waals surface area contributed by atoms with Crippen LogP contribution in [-0.2, 0) is 80.8 Å². The molecular weight excluding hydrogens is 1750 g/mol. The molecule has 0 N–H and O–H groups in total. The molecule has 0 saturated carbocycles. The molecule has 12 rings (SSSR count). The standard InChI is InChI=1S/C30H45O4P.C29H43O4P.2C25H35O4P.2Li.2Na/c1-18-21-14-19(27(2,3)4)16-23(29(8,9)10)25(21)33-35(31,32)34-26-22(18)15-20(28(5,6)7)17-24(26)30(11,12)13;1-26(2,3)20-14-18-13-19-15-21(27(4,5)6)17-23(29(10,11)12)25(19)33-34(30,31)32-24(18)22(16-20)28(7,8)9;2*1-14(2)18-9-20-11-21-10-19(15(3)4)13-23(17(7)8)25(21)29-30(26,27)28-24(20)22(12-18)16(5)6;;;;/h14-18H,1-13H3,(H,31,32);14-17H,13H2,1-12H3,(H,30,31);2*9-10,12-17H,11H2,1-8H3,(H,26,27);;;;/q;;;;4*+1/p-4. The zero-order valence-corrected chi connectivity index (χ0v) is 97.5. The first kappa shape index (κ1) is 120. The number of rotatable bonds is 8. The van der Waals surface area contributed by atoms with Crippen LogP contribution in [0.2, 0.25) is 0 Å². The van der Waals surface area contributed by atoms with Crippen molar-refractivity contribution in [3.8, 4) is 46.0 Å². The van der Waals surface area contributed by atoms with Gasteiger partial charge in [-0.1, -0.05) is 381 Å². The number of fused-ring (bicyclic) bond motifs is 8. The molecule has 0 aliphatic carbocycles. The molecule has 0 atom stereocenters. The number of hydrogen-bond donors (Lipinski definition) is 0. The summed E-state index contributed by atoms with van der Waals surface area (Å²) in [6, 6.07) is 33.5. The zero-order chi connectivity index (χ0) is 97.8. The maximum absolute atomic E-state index is 13.4. The van der Waals surface area contributed by atoms with E-state index in [0.717, 1.165) is 111 Å². The molecule has 0 radical (unpaired) electrons. The van der Waals surface area contributed by atoms with Crippen molar-refractivity contribution in [3.63, 3.8) is 0 Å². The van der Waals surface area contributed by atoms with Crippen molar-refractivity contribution >= 4 is 31.3 Å². The zero-order valence-electron chi connectivity index (χ0n) is 89.9. The molecule has 0 unspecified atom stereocenters. The van der Waals surface area contributed by atoms with Gasteiger partial charge in [0.15, 0.2) is 0 Å². The van der Waals surface area contributed by atoms with Crippen LogP contribution in [0.3, 0.4) is 0 Å². The fourth-order valence-electron chi connectivity index (χ4n) is 16.7. The molecule has 0 bridgehead atoms. The summed E-state index contributed by atoms with van der Waals surface area (Å²) in [6.45, 7) is 86.9. The Morgan fingerprint density at radius 3 is 0.579 bits per heavy atom. The van der Waals surface area contributed by atoms with Crippen molar-refractivity contribution in [2.45, 2.75) is 400 Å². The van der Waals surface area contributed by atoms with Crippen molar-refractivity contribution in [3.05, 3.63) is 231 Å². The third kappa shape index (κ3) is 29.2. The molecule has 0 spiro atoms. The van der Waals surface area contributed by atoms with Gasteiger partial charge in [0.2, 0.25) is 0 Å². The summed E-state index contributed by atoms with van der Waals surface area (Å²) in [7, 11) is -18.5. The van der Waals surface area contributed by atoms with Crippen LogP contribution in [0.15, 0.2) is 97.1 Å². The molecule has 0 aromatic heterocycles. The summed E-state index contributed by atoms with van der Waals surface area (Å²) in [5.74, 6) is 5.06. The van der Waals surface area contributed by atoms with Crippen LogP contribution in [0, 0.1) is 0 Å². The predicted octanol–water partition coefficient (Wildman–Crippen LogP) is 18.0. The molecular formula is C109H154Li2Na2O16P4. The molecule has 4 aliphatic heterocycles. The van der Waals surface area contributed by atoms with E-state index in [9.17, 15) is 37.8 Å². The second-order valence-corrected chi connectivity index (χ2v) is 52.3. The fraction of sp³-hybridized carbons (Fsp3) is 0.560. The Morgan fingerprint density at radius 1 is 0.241 bits per heavy atom. The number of phosphoric ester groups is 4. The van der Waals surface area contributed by atoms with E-state index in [1.165, 1.54) is 22.3 Å². The normalized spacial score (nSPS) is 16.8. The summed E-state index contributed by atoms with van der Waals surface area (Å²) in [6.07, 6.45) is 1.68. The SMILES string of the molecule is CC(C)(C)c1cc2c(c(C(C)(C)C)c1)OP(=O)([O-])Oc1c(cc(C(C)(C)C)cc1C(C)(C)C)C2.CC(C)c1cc2c(c(C(C)C)c1)OP(=O)([O-])Oc1c(cc(C(C)C)cc1C(C)C)C2.CC(C)c1cc2c(c(C(C)C)c1)OP(=O)([O-])Oc1c(cc(C(C)C)cc1C(C)C)C2.CC1c2cc(C(C)(C)C)cc(C(C)(C)C)c2OP(=O)([O-])Oc2c1cc(C(C)(C)C)cc2C(C)(C)C.[Li+].[Li+].[Na+].[Na+]. The van der Waals surface area contributed by atoms with Crippen molar-refractivity contribution in [1.29, 1.82) is 0 Å². The molecule has 710 valence electrons. The Balaban J connectivity index is 0.000000311. The van der Waals surface area contributed by atoms with Crippen LogP contribution in [0.4, 0.5) is 0 Å². The van der Waals surface area contributed by atoms with E-state index in [1.54, 1.807) is 0 Å². The second-order valence-electron chi connectivity index (χ2n) is 47.3. The van der Waals surface area contributed by atoms with E-state index >= 15 is 0 Å². The van der Waals surface area contributed by atoms with E-state index < -0.39 is 31.3 Å². The minimum atomic E-state index is -4.70. The monoisotopic (exact) mass is 1900 g/mol. The van der Waals surface area contributed by atoms with Crippen LogP contribution in [0.1, 0.15) is 471 Å². The van der Waals surface area contributed by atoms with Gasteiger partial charge in [-0.2, -0.15) is 0 Å². The van der Waals surface area contributed by atoms with Gasteiger partial charge >= 0.3 is 128 Å². The average molecular weight is 1900 g/mol. The first-order valence-corrected chi connectivity index (χ1v) is 52.5. The van der Waals surface area contributed by atoms with Gasteiger partial charge in [0.25, 0.3) is 0 Å². The molecule has 0 fully saturated rings. The van der Waals surface area contributed by atoms with Crippen LogP contribution in [-0.4, -0.2) is 0 Å². The van der Waals surface area contributed by atoms with Gasteiger partial charge in [-0.25, -0.2) is 18.3 Å². The van der Waals surface area contributed by atoms with E-state index in [-0.39, 0.29) is 170 Å². The van der Waals surface area contributed by atoms with Gasteiger partial charge < -0.3 is 55.8 Å². The molecule has 4 heterocycles. The summed E-state index contributed by atoms with van der Waals surface area (Å²) < 4.78 is 98.0. The van der Waals surface area contributed by atoms with Gasteiger partial charge in [-0.05, 0) is 191 Å². The maximum atomic E-state index is 13.4. The van der Waals surface area contributed by atoms with E-state index in [2.05, 4.69) is 381 Å². The van der Waals surface area contributed by atoms with Crippen molar-refractivity contribution < 1.29 is 171 Å². The number of phosphoric acid groups is 4. The molecule has 0 amide bonds. The Bertz CT molecular complexity index is 5240. The van der Waals surface area contributed by atoms with Gasteiger partial charge in [0.1, 0.15) is 46.0 Å². The Hall–Kier alpha value is -3.89. The van der Waals surface area contributed by atoms with E-state index in [1.807, 2.05) is 0 Å². The number of hydrogen-bond acceptors (Lipinski definition) is 16. The summed E-state index contributed by atoms with van der Waals surface area (Å²) in [4.78, 5) is 52.5. The first-order valence-electron chi connectivity index (χ1n) is 46.6. The fourth-order valence-corrected chi connectivity index (χ4v) is 20.4. The second kappa shape index (κ2) is 43.5. The third-order valence-corrected chi connectivity index (χ3v) is 28.2. The predicted molar refractivity (Wildman–Crippen MR) is 525 cm³/mol. The quantitative estimate of drug-likeness (QED) is 0.102. The molecule has 16 nitrogen and oxygen atoms in total. The van der Waals surface area contributed by atoms with Crippen molar-refractivity contribution in [1.82, 2.24) is 0 Å². The molecule has 8 aromatic rings. The van der Waals surface area contributed by atoms with Crippen LogP contribution in [0.25, 0.3) is 0 Å². The summed E-state index contributed by atoms with van der Waals surface area (Å²) >= 11 is 0. The van der Waals surface area contributed by atoms with Crippen LogP contribution >= 0.6 is 31.3 Å². The third-order valence-electron chi connectivity index (χ3n) is 25.0. The molecule has 4 aliphatic rings. The van der Waals surface area contributed by atoms with Gasteiger partial charge in [0, 0.05) is 58.6 Å². The summed E-state index contributed by atoms with van der Waals surface area (Å²) in [5, 5.41) is 0. The molecule has 0 saturated heterocycles. The topological polar surface area (TPSA) is 234 Å². The molecule has 24 heteroatoms. The average Bonchev–Trinajstić information content (AvgIpc) is 0.745. The van der Waals surface area contributed by atoms with Gasteiger partial charge in [-0.3, -0.25) is 0 Å². The minimum Gasteiger partial charge on any atom is -0.736 e. The Labute approximate surface area is 870 Å². The van der Waals surface area contributed by atoms with Gasteiger partial charge in [-0.15, -0.1) is 0 Å². The Kier molecular flexibility index (Phi) is 39.1. The largest absolute Gasteiger partial charge is 1.00 e. The van der Waals surface area contributed by atoms with Crippen molar-refractivity contribution in [2.75, 3.05) is 0 Å². The minimum absolute atomic E-state index is 0. The molecule has 8 aromatic carbocycles. The number of benzene rings is 8. The first-order chi connectivity index (χ1) is 58.4. The Morgan fingerprint density at radius 2 is 0.406 bits per heavy atom. The van der Waals surface area contributed by atoms with Gasteiger partial charge in [0.05, 0.1) is 0 Å². The van der Waals surface area contributed by atoms with E-state index in [4.69, 9.17) is 36.2 Å².